The van der Waals surface area contributed by atoms with Crippen LogP contribution < -0.4 is 10.2 Å². The lowest BCUT2D eigenvalue weighted by atomic mass is 10.2. The maximum Gasteiger partial charge on any atom is 0.225 e. The lowest BCUT2D eigenvalue weighted by Crippen LogP contribution is -2.34. The quantitative estimate of drug-likeness (QED) is 0.759. The molecule has 0 saturated heterocycles. The summed E-state index contributed by atoms with van der Waals surface area (Å²) >= 11 is 1.87. The molecule has 1 rings (SSSR count). The number of nitrogens with one attached hydrogen (secondary N) is 1. The van der Waals surface area contributed by atoms with Gasteiger partial charge in [0.1, 0.15) is 0 Å². The number of rotatable bonds is 9. The van der Waals surface area contributed by atoms with Crippen molar-refractivity contribution in [3.8, 4) is 0 Å². The lowest BCUT2D eigenvalue weighted by molar-refractivity contribution is 0.550. The Morgan fingerprint density at radius 1 is 1.38 bits per heavy atom. The van der Waals surface area contributed by atoms with E-state index in [0.717, 1.165) is 36.9 Å². The Bertz CT molecular complexity index is 423. The van der Waals surface area contributed by atoms with E-state index in [1.54, 1.807) is 0 Å². The Balaban J connectivity index is 2.72. The third-order valence-corrected chi connectivity index (χ3v) is 4.35. The maximum atomic E-state index is 4.69. The molecule has 5 heteroatoms. The van der Waals surface area contributed by atoms with Crippen LogP contribution in [0.4, 0.5) is 5.95 Å². The molecule has 1 unspecified atom stereocenters. The predicted molar refractivity (Wildman–Crippen MR) is 94.2 cm³/mol. The fourth-order valence-electron chi connectivity index (χ4n) is 2.18. The number of aryl methyl sites for hydroxylation is 1. The van der Waals surface area contributed by atoms with Gasteiger partial charge in [-0.05, 0) is 32.1 Å². The van der Waals surface area contributed by atoms with Crippen LogP contribution in [0.5, 0.6) is 0 Å². The number of aromatic nitrogens is 2. The first-order chi connectivity index (χ1) is 9.99. The van der Waals surface area contributed by atoms with Gasteiger partial charge in [-0.25, -0.2) is 9.97 Å². The van der Waals surface area contributed by atoms with Gasteiger partial charge in [-0.3, -0.25) is 0 Å². The van der Waals surface area contributed by atoms with Crippen LogP contribution in [0, 0.1) is 12.8 Å². The minimum absolute atomic E-state index is 0.490. The molecule has 1 aromatic heterocycles. The van der Waals surface area contributed by atoms with Crippen LogP contribution in [-0.2, 0) is 6.54 Å². The van der Waals surface area contributed by atoms with Gasteiger partial charge in [0.05, 0.1) is 0 Å². The van der Waals surface area contributed by atoms with E-state index in [2.05, 4.69) is 61.2 Å². The van der Waals surface area contributed by atoms with Crippen molar-refractivity contribution in [2.45, 2.75) is 46.7 Å². The first kappa shape index (κ1) is 18.2. The average Bonchev–Trinajstić information content (AvgIpc) is 2.45. The molecule has 0 bridgehead atoms. The zero-order chi connectivity index (χ0) is 15.8. The maximum absolute atomic E-state index is 4.69. The number of thioether (sulfide) groups is 1. The molecule has 0 aromatic carbocycles. The average molecular weight is 311 g/mol. The van der Waals surface area contributed by atoms with E-state index >= 15 is 0 Å². The monoisotopic (exact) mass is 310 g/mol. The molecule has 1 atom stereocenters. The summed E-state index contributed by atoms with van der Waals surface area (Å²) in [4.78, 5) is 11.4. The van der Waals surface area contributed by atoms with Crippen molar-refractivity contribution in [2.75, 3.05) is 30.5 Å². The highest BCUT2D eigenvalue weighted by Crippen LogP contribution is 2.16. The Morgan fingerprint density at radius 2 is 2.10 bits per heavy atom. The van der Waals surface area contributed by atoms with Crippen molar-refractivity contribution in [1.29, 1.82) is 0 Å². The minimum Gasteiger partial charge on any atom is -0.340 e. The van der Waals surface area contributed by atoms with Gasteiger partial charge in [0.25, 0.3) is 0 Å². The van der Waals surface area contributed by atoms with E-state index in [1.807, 2.05) is 18.0 Å². The fourth-order valence-corrected chi connectivity index (χ4v) is 3.02. The van der Waals surface area contributed by atoms with Crippen molar-refractivity contribution in [1.82, 2.24) is 15.3 Å². The number of anilines is 1. The summed E-state index contributed by atoms with van der Waals surface area (Å²) in [5, 5.41) is 3.45. The molecule has 0 aliphatic heterocycles. The van der Waals surface area contributed by atoms with E-state index in [4.69, 9.17) is 0 Å². The molecule has 1 N–H and O–H groups in total. The second-order valence-corrected chi connectivity index (χ2v) is 6.84. The van der Waals surface area contributed by atoms with Crippen molar-refractivity contribution in [3.05, 3.63) is 17.5 Å². The number of hydrogen-bond donors (Lipinski definition) is 1. The summed E-state index contributed by atoms with van der Waals surface area (Å²) in [5.74, 6) is 2.60. The van der Waals surface area contributed by atoms with Crippen LogP contribution in [0.1, 0.15) is 38.4 Å². The molecule has 0 saturated carbocycles. The first-order valence-corrected chi connectivity index (χ1v) is 9.13. The lowest BCUT2D eigenvalue weighted by Gasteiger charge is -2.27. The molecule has 0 aliphatic rings. The third-order valence-electron chi connectivity index (χ3n) is 3.63. The molecule has 0 amide bonds. The molecular weight excluding hydrogens is 280 g/mol. The molecule has 0 radical (unpaired) electrons. The summed E-state index contributed by atoms with van der Waals surface area (Å²) in [6, 6.07) is 0.490. The van der Waals surface area contributed by atoms with E-state index in [1.165, 1.54) is 5.56 Å². The molecule has 1 heterocycles. The van der Waals surface area contributed by atoms with E-state index in [9.17, 15) is 0 Å². The molecule has 0 spiro atoms. The second kappa shape index (κ2) is 9.26. The zero-order valence-electron chi connectivity index (χ0n) is 14.3. The van der Waals surface area contributed by atoms with E-state index < -0.39 is 0 Å². The molecule has 120 valence electrons. The topological polar surface area (TPSA) is 41.1 Å². The van der Waals surface area contributed by atoms with Gasteiger partial charge < -0.3 is 10.2 Å². The fraction of sp³-hybridized carbons (Fsp3) is 0.750. The Labute approximate surface area is 134 Å². The summed E-state index contributed by atoms with van der Waals surface area (Å²) in [7, 11) is 2.09. The van der Waals surface area contributed by atoms with Gasteiger partial charge in [-0.1, -0.05) is 20.8 Å². The second-order valence-electron chi connectivity index (χ2n) is 5.93. The zero-order valence-corrected chi connectivity index (χ0v) is 15.1. The van der Waals surface area contributed by atoms with Crippen molar-refractivity contribution in [2.24, 2.45) is 5.92 Å². The summed E-state index contributed by atoms with van der Waals surface area (Å²) < 4.78 is 0. The van der Waals surface area contributed by atoms with Gasteiger partial charge in [0, 0.05) is 42.8 Å². The smallest absolute Gasteiger partial charge is 0.225 e. The highest BCUT2D eigenvalue weighted by Gasteiger charge is 2.15. The Morgan fingerprint density at radius 3 is 2.62 bits per heavy atom. The van der Waals surface area contributed by atoms with Crippen molar-refractivity contribution >= 4 is 17.7 Å². The minimum atomic E-state index is 0.490. The molecule has 4 nitrogen and oxygen atoms in total. The molecule has 1 aromatic rings. The van der Waals surface area contributed by atoms with Crippen LogP contribution in [0.2, 0.25) is 0 Å². The van der Waals surface area contributed by atoms with Crippen molar-refractivity contribution in [3.63, 3.8) is 0 Å². The third kappa shape index (κ3) is 5.83. The van der Waals surface area contributed by atoms with Crippen molar-refractivity contribution < 1.29 is 0 Å². The summed E-state index contributed by atoms with van der Waals surface area (Å²) in [6.45, 7) is 10.6. The first-order valence-electron chi connectivity index (χ1n) is 7.74. The normalized spacial score (nSPS) is 12.7. The van der Waals surface area contributed by atoms with Crippen LogP contribution in [0.3, 0.4) is 0 Å². The Kier molecular flexibility index (Phi) is 8.04. The molecule has 0 aliphatic carbocycles. The van der Waals surface area contributed by atoms with Gasteiger partial charge in [0.15, 0.2) is 0 Å². The summed E-state index contributed by atoms with van der Waals surface area (Å²) in [5.41, 5.74) is 2.26. The van der Waals surface area contributed by atoms with E-state index in [-0.39, 0.29) is 0 Å². The van der Waals surface area contributed by atoms with Crippen LogP contribution in [0.15, 0.2) is 6.20 Å². The van der Waals surface area contributed by atoms with E-state index in [0.29, 0.717) is 12.0 Å². The number of nitrogens with zero attached hydrogens (tertiary/aromatic N) is 3. The van der Waals surface area contributed by atoms with Crippen LogP contribution >= 0.6 is 11.8 Å². The van der Waals surface area contributed by atoms with Crippen LogP contribution in [-0.4, -0.2) is 41.6 Å². The van der Waals surface area contributed by atoms with Gasteiger partial charge in [0.2, 0.25) is 5.95 Å². The molecule has 0 fully saturated rings. The van der Waals surface area contributed by atoms with Crippen LogP contribution in [0.25, 0.3) is 0 Å². The highest BCUT2D eigenvalue weighted by atomic mass is 32.2. The highest BCUT2D eigenvalue weighted by molar-refractivity contribution is 7.98. The van der Waals surface area contributed by atoms with Gasteiger partial charge in [-0.15, -0.1) is 0 Å². The summed E-state index contributed by atoms with van der Waals surface area (Å²) in [6.07, 6.45) is 5.22. The predicted octanol–water partition coefficient (Wildman–Crippen LogP) is 3.11. The standard InChI is InChI=1S/C16H30N4S/c1-7-15(11-21-6)20(5)16-18-10-14(13(4)19-16)9-17-8-12(2)3/h10,12,15,17H,7-9,11H2,1-6H3. The van der Waals surface area contributed by atoms with Gasteiger partial charge >= 0.3 is 0 Å². The Hall–Kier alpha value is -0.810. The van der Waals surface area contributed by atoms with Gasteiger partial charge in [-0.2, -0.15) is 11.8 Å². The number of hydrogen-bond acceptors (Lipinski definition) is 5. The largest absolute Gasteiger partial charge is 0.340 e. The molecule has 21 heavy (non-hydrogen) atoms. The SMILES string of the molecule is CCC(CSC)N(C)c1ncc(CNCC(C)C)c(C)n1. The molecular formula is C16H30N4S.